The number of urea groups is 1. The second kappa shape index (κ2) is 8.97. The number of rotatable bonds is 5. The molecule has 0 unspecified atom stereocenters. The van der Waals surface area contributed by atoms with Crippen molar-refractivity contribution in [1.29, 1.82) is 0 Å². The van der Waals surface area contributed by atoms with E-state index in [1.165, 1.54) is 12.1 Å². The first-order valence-electron chi connectivity index (χ1n) is 9.65. The predicted octanol–water partition coefficient (Wildman–Crippen LogP) is 6.07. The monoisotopic (exact) mass is 435 g/mol. The molecule has 0 bridgehead atoms. The molecule has 6 nitrogen and oxygen atoms in total. The molecule has 2 aromatic heterocycles. The standard InChI is InChI=1S/C23H19ClFN5O/c1-2-30-14-19(22(29-30)15-8-10-26-11-9-15)16-4-3-5-18(12-16)27-23(31)28-21-7-6-17(24)13-20(21)25/h3-14H,2H2,1H3,(H2,27,28,31). The van der Waals surface area contributed by atoms with Crippen molar-refractivity contribution in [2.45, 2.75) is 13.5 Å². The Labute approximate surface area is 183 Å². The highest BCUT2D eigenvalue weighted by Gasteiger charge is 2.14. The van der Waals surface area contributed by atoms with Crippen LogP contribution in [0.2, 0.25) is 5.02 Å². The maximum Gasteiger partial charge on any atom is 0.323 e. The van der Waals surface area contributed by atoms with Gasteiger partial charge < -0.3 is 10.6 Å². The fraction of sp³-hybridized carbons (Fsp3) is 0.0870. The minimum atomic E-state index is -0.606. The first-order valence-corrected chi connectivity index (χ1v) is 10.0. The number of anilines is 2. The van der Waals surface area contributed by atoms with Crippen LogP contribution in [0.4, 0.5) is 20.6 Å². The van der Waals surface area contributed by atoms with Gasteiger partial charge in [0, 0.05) is 47.0 Å². The zero-order valence-electron chi connectivity index (χ0n) is 16.6. The third-order valence-electron chi connectivity index (χ3n) is 4.65. The summed E-state index contributed by atoms with van der Waals surface area (Å²) in [7, 11) is 0. The molecule has 2 heterocycles. The lowest BCUT2D eigenvalue weighted by molar-refractivity contribution is 0.262. The molecular formula is C23H19ClFN5O. The number of aryl methyl sites for hydroxylation is 1. The molecular weight excluding hydrogens is 417 g/mol. The largest absolute Gasteiger partial charge is 0.323 e. The van der Waals surface area contributed by atoms with Gasteiger partial charge in [-0.2, -0.15) is 5.10 Å². The summed E-state index contributed by atoms with van der Waals surface area (Å²) in [5.41, 5.74) is 4.21. The number of hydrogen-bond acceptors (Lipinski definition) is 3. The highest BCUT2D eigenvalue weighted by molar-refractivity contribution is 6.30. The van der Waals surface area contributed by atoms with E-state index in [2.05, 4.69) is 20.7 Å². The number of amides is 2. The Morgan fingerprint density at radius 1 is 1.06 bits per heavy atom. The van der Waals surface area contributed by atoms with Crippen molar-refractivity contribution in [3.63, 3.8) is 0 Å². The molecule has 8 heteroatoms. The summed E-state index contributed by atoms with van der Waals surface area (Å²) in [6.45, 7) is 2.75. The van der Waals surface area contributed by atoms with Crippen molar-refractivity contribution in [2.75, 3.05) is 10.6 Å². The third-order valence-corrected chi connectivity index (χ3v) is 4.89. The van der Waals surface area contributed by atoms with Crippen molar-refractivity contribution in [3.05, 3.63) is 84.0 Å². The van der Waals surface area contributed by atoms with Gasteiger partial charge in [-0.05, 0) is 55.0 Å². The number of benzene rings is 2. The van der Waals surface area contributed by atoms with Crippen LogP contribution >= 0.6 is 11.6 Å². The number of carbonyl (C=O) groups is 1. The van der Waals surface area contributed by atoms with E-state index in [0.717, 1.165) is 35.0 Å². The van der Waals surface area contributed by atoms with E-state index >= 15 is 0 Å². The third kappa shape index (κ3) is 4.73. The maximum absolute atomic E-state index is 13.9. The van der Waals surface area contributed by atoms with Gasteiger partial charge in [0.15, 0.2) is 0 Å². The van der Waals surface area contributed by atoms with E-state index in [0.29, 0.717) is 5.69 Å². The highest BCUT2D eigenvalue weighted by atomic mass is 35.5. The number of nitrogens with zero attached hydrogens (tertiary/aromatic N) is 3. The first kappa shape index (κ1) is 20.6. The van der Waals surface area contributed by atoms with E-state index in [1.54, 1.807) is 18.5 Å². The average molecular weight is 436 g/mol. The van der Waals surface area contributed by atoms with Gasteiger partial charge in [-0.15, -0.1) is 0 Å². The van der Waals surface area contributed by atoms with Crippen LogP contribution in [0.5, 0.6) is 0 Å². The molecule has 0 aliphatic rings. The quantitative estimate of drug-likeness (QED) is 0.399. The number of pyridine rings is 1. The van der Waals surface area contributed by atoms with E-state index in [9.17, 15) is 9.18 Å². The van der Waals surface area contributed by atoms with Crippen LogP contribution in [0.15, 0.2) is 73.2 Å². The van der Waals surface area contributed by atoms with E-state index in [1.807, 2.05) is 48.1 Å². The summed E-state index contributed by atoms with van der Waals surface area (Å²) < 4.78 is 15.8. The Hall–Kier alpha value is -3.71. The van der Waals surface area contributed by atoms with E-state index in [-0.39, 0.29) is 10.7 Å². The Morgan fingerprint density at radius 3 is 2.61 bits per heavy atom. The minimum absolute atomic E-state index is 0.0438. The molecule has 2 amide bonds. The summed E-state index contributed by atoms with van der Waals surface area (Å²) >= 11 is 5.75. The van der Waals surface area contributed by atoms with Crippen molar-refractivity contribution in [2.24, 2.45) is 0 Å². The minimum Gasteiger partial charge on any atom is -0.308 e. The molecule has 0 spiro atoms. The molecule has 2 aromatic carbocycles. The fourth-order valence-electron chi connectivity index (χ4n) is 3.16. The Morgan fingerprint density at radius 2 is 1.87 bits per heavy atom. The van der Waals surface area contributed by atoms with Gasteiger partial charge in [-0.1, -0.05) is 23.7 Å². The SMILES string of the molecule is CCn1cc(-c2cccc(NC(=O)Nc3ccc(Cl)cc3F)c2)c(-c2ccncc2)n1. The lowest BCUT2D eigenvalue weighted by atomic mass is 10.0. The normalized spacial score (nSPS) is 10.7. The van der Waals surface area contributed by atoms with Crippen LogP contribution in [-0.2, 0) is 6.54 Å². The molecule has 0 aliphatic carbocycles. The second-order valence-corrected chi connectivity index (χ2v) is 7.20. The van der Waals surface area contributed by atoms with Gasteiger partial charge in [0.1, 0.15) is 11.5 Å². The van der Waals surface area contributed by atoms with Crippen molar-refractivity contribution in [3.8, 4) is 22.4 Å². The smallest absolute Gasteiger partial charge is 0.308 e. The van der Waals surface area contributed by atoms with Crippen molar-refractivity contribution >= 4 is 29.0 Å². The molecule has 0 saturated carbocycles. The van der Waals surface area contributed by atoms with Crippen LogP contribution in [0.1, 0.15) is 6.92 Å². The number of hydrogen-bond donors (Lipinski definition) is 2. The Balaban J connectivity index is 1.59. The molecule has 4 aromatic rings. The first-order chi connectivity index (χ1) is 15.0. The highest BCUT2D eigenvalue weighted by Crippen LogP contribution is 2.32. The number of nitrogens with one attached hydrogen (secondary N) is 2. The van der Waals surface area contributed by atoms with Crippen molar-refractivity contribution in [1.82, 2.24) is 14.8 Å². The summed E-state index contributed by atoms with van der Waals surface area (Å²) in [5, 5.41) is 10.2. The van der Waals surface area contributed by atoms with E-state index in [4.69, 9.17) is 11.6 Å². The average Bonchev–Trinajstić information content (AvgIpc) is 3.21. The fourth-order valence-corrected chi connectivity index (χ4v) is 3.32. The molecule has 0 fully saturated rings. The van der Waals surface area contributed by atoms with Crippen LogP contribution < -0.4 is 10.6 Å². The van der Waals surface area contributed by atoms with Gasteiger partial charge in [0.25, 0.3) is 0 Å². The molecule has 0 atom stereocenters. The molecule has 0 radical (unpaired) electrons. The molecule has 2 N–H and O–H groups in total. The van der Waals surface area contributed by atoms with Gasteiger partial charge in [0.05, 0.1) is 5.69 Å². The molecule has 31 heavy (non-hydrogen) atoms. The van der Waals surface area contributed by atoms with Gasteiger partial charge in [-0.3, -0.25) is 9.67 Å². The van der Waals surface area contributed by atoms with Gasteiger partial charge in [-0.25, -0.2) is 9.18 Å². The van der Waals surface area contributed by atoms with Crippen LogP contribution in [0.3, 0.4) is 0 Å². The zero-order valence-corrected chi connectivity index (χ0v) is 17.4. The topological polar surface area (TPSA) is 71.8 Å². The number of aromatic nitrogens is 3. The number of halogens is 2. The Bertz CT molecular complexity index is 1230. The van der Waals surface area contributed by atoms with E-state index < -0.39 is 11.8 Å². The van der Waals surface area contributed by atoms with Crippen molar-refractivity contribution < 1.29 is 9.18 Å². The van der Waals surface area contributed by atoms with Gasteiger partial charge >= 0.3 is 6.03 Å². The maximum atomic E-state index is 13.9. The summed E-state index contributed by atoms with van der Waals surface area (Å²) in [5.74, 6) is -0.606. The van der Waals surface area contributed by atoms with Crippen LogP contribution in [0.25, 0.3) is 22.4 Å². The molecule has 156 valence electrons. The lowest BCUT2D eigenvalue weighted by Gasteiger charge is -2.10. The summed E-state index contributed by atoms with van der Waals surface area (Å²) in [4.78, 5) is 16.4. The zero-order chi connectivity index (χ0) is 21.8. The number of carbonyl (C=O) groups excluding carboxylic acids is 1. The molecule has 4 rings (SSSR count). The summed E-state index contributed by atoms with van der Waals surface area (Å²) in [6.07, 6.45) is 5.42. The Kier molecular flexibility index (Phi) is 5.95. The van der Waals surface area contributed by atoms with Crippen LogP contribution in [0, 0.1) is 5.82 Å². The van der Waals surface area contributed by atoms with Crippen LogP contribution in [-0.4, -0.2) is 20.8 Å². The predicted molar refractivity (Wildman–Crippen MR) is 121 cm³/mol. The molecule has 0 saturated heterocycles. The molecule has 0 aliphatic heterocycles. The second-order valence-electron chi connectivity index (χ2n) is 6.77. The van der Waals surface area contributed by atoms with Gasteiger partial charge in [0.2, 0.25) is 0 Å². The summed E-state index contributed by atoms with van der Waals surface area (Å²) in [6, 6.07) is 14.7. The lowest BCUT2D eigenvalue weighted by Crippen LogP contribution is -2.20.